The lowest BCUT2D eigenvalue weighted by Gasteiger charge is -2.24. The zero-order chi connectivity index (χ0) is 13.2. The summed E-state index contributed by atoms with van der Waals surface area (Å²) in [5.74, 6) is 0.961. The van der Waals surface area contributed by atoms with Gasteiger partial charge in [-0.15, -0.1) is 10.2 Å². The third-order valence-electron chi connectivity index (χ3n) is 2.86. The number of benzene rings is 1. The molecule has 0 saturated heterocycles. The van der Waals surface area contributed by atoms with Crippen LogP contribution in [-0.2, 0) is 6.42 Å². The van der Waals surface area contributed by atoms with Crippen molar-refractivity contribution in [2.75, 3.05) is 0 Å². The van der Waals surface area contributed by atoms with Gasteiger partial charge in [-0.3, -0.25) is 0 Å². The molecule has 1 heterocycles. The minimum atomic E-state index is -0.499. The fourth-order valence-corrected chi connectivity index (χ4v) is 1.51. The Labute approximate surface area is 107 Å². The Kier molecular flexibility index (Phi) is 3.48. The van der Waals surface area contributed by atoms with E-state index in [-0.39, 0.29) is 5.41 Å². The Morgan fingerprint density at radius 1 is 1.17 bits per heavy atom. The van der Waals surface area contributed by atoms with Crippen LogP contribution in [0.4, 0.5) is 0 Å². The van der Waals surface area contributed by atoms with E-state index in [4.69, 9.17) is 4.42 Å². The van der Waals surface area contributed by atoms with E-state index in [1.807, 2.05) is 51.1 Å². The summed E-state index contributed by atoms with van der Waals surface area (Å²) in [5, 5.41) is 18.0. The standard InChI is InChI=1S/C14H18N2O2/c1-14(2,3)11(17)9-12-15-16-13(18-12)10-7-5-4-6-8-10/h4-8,11,17H,9H2,1-3H3/t11-/m0/s1. The molecule has 0 saturated carbocycles. The van der Waals surface area contributed by atoms with E-state index in [0.29, 0.717) is 18.2 Å². The van der Waals surface area contributed by atoms with E-state index in [9.17, 15) is 5.11 Å². The second-order valence-electron chi connectivity index (χ2n) is 5.45. The maximum absolute atomic E-state index is 9.99. The van der Waals surface area contributed by atoms with Crippen molar-refractivity contribution in [1.29, 1.82) is 0 Å². The van der Waals surface area contributed by atoms with Gasteiger partial charge in [0.2, 0.25) is 11.8 Å². The predicted molar refractivity (Wildman–Crippen MR) is 68.9 cm³/mol. The molecule has 1 atom stereocenters. The van der Waals surface area contributed by atoms with Crippen LogP contribution in [0.3, 0.4) is 0 Å². The molecule has 18 heavy (non-hydrogen) atoms. The molecule has 0 unspecified atom stereocenters. The maximum atomic E-state index is 9.99. The lowest BCUT2D eigenvalue weighted by molar-refractivity contribution is 0.0580. The van der Waals surface area contributed by atoms with Crippen LogP contribution in [0.2, 0.25) is 0 Å². The van der Waals surface area contributed by atoms with Gasteiger partial charge in [0.1, 0.15) is 0 Å². The number of aliphatic hydroxyl groups is 1. The first-order valence-electron chi connectivity index (χ1n) is 6.02. The Morgan fingerprint density at radius 2 is 1.83 bits per heavy atom. The van der Waals surface area contributed by atoms with Crippen LogP contribution in [0.15, 0.2) is 34.7 Å². The molecule has 0 bridgehead atoms. The van der Waals surface area contributed by atoms with Crippen molar-refractivity contribution < 1.29 is 9.52 Å². The zero-order valence-corrected chi connectivity index (χ0v) is 10.9. The molecule has 1 aromatic heterocycles. The van der Waals surface area contributed by atoms with Gasteiger partial charge in [0, 0.05) is 5.56 Å². The van der Waals surface area contributed by atoms with Crippen molar-refractivity contribution in [2.45, 2.75) is 33.3 Å². The first-order valence-corrected chi connectivity index (χ1v) is 6.02. The van der Waals surface area contributed by atoms with Crippen LogP contribution in [0.1, 0.15) is 26.7 Å². The van der Waals surface area contributed by atoms with Gasteiger partial charge < -0.3 is 9.52 Å². The maximum Gasteiger partial charge on any atom is 0.247 e. The smallest absolute Gasteiger partial charge is 0.247 e. The predicted octanol–water partition coefficient (Wildman–Crippen LogP) is 2.69. The summed E-state index contributed by atoms with van der Waals surface area (Å²) in [5.41, 5.74) is 0.697. The molecule has 0 radical (unpaired) electrons. The highest BCUT2D eigenvalue weighted by Gasteiger charge is 2.24. The van der Waals surface area contributed by atoms with Gasteiger partial charge in [0.05, 0.1) is 12.5 Å². The topological polar surface area (TPSA) is 59.2 Å². The highest BCUT2D eigenvalue weighted by atomic mass is 16.4. The summed E-state index contributed by atoms with van der Waals surface area (Å²) in [6.07, 6.45) is -0.120. The van der Waals surface area contributed by atoms with Crippen LogP contribution in [-0.4, -0.2) is 21.4 Å². The Morgan fingerprint density at radius 3 is 2.44 bits per heavy atom. The lowest BCUT2D eigenvalue weighted by Crippen LogP contribution is -2.28. The number of aliphatic hydroxyl groups excluding tert-OH is 1. The normalized spacial score (nSPS) is 13.6. The van der Waals surface area contributed by atoms with Crippen LogP contribution in [0, 0.1) is 5.41 Å². The molecule has 0 aliphatic heterocycles. The second-order valence-corrected chi connectivity index (χ2v) is 5.45. The minimum absolute atomic E-state index is 0.193. The van der Waals surface area contributed by atoms with Crippen molar-refractivity contribution in [3.05, 3.63) is 36.2 Å². The van der Waals surface area contributed by atoms with Gasteiger partial charge >= 0.3 is 0 Å². The number of hydrogen-bond acceptors (Lipinski definition) is 4. The van der Waals surface area contributed by atoms with Gasteiger partial charge in [-0.05, 0) is 17.5 Å². The van der Waals surface area contributed by atoms with Crippen molar-refractivity contribution in [1.82, 2.24) is 10.2 Å². The molecule has 0 aliphatic carbocycles. The van der Waals surface area contributed by atoms with Crippen molar-refractivity contribution >= 4 is 0 Å². The molecule has 4 nitrogen and oxygen atoms in total. The molecule has 0 fully saturated rings. The van der Waals surface area contributed by atoms with E-state index in [2.05, 4.69) is 10.2 Å². The number of nitrogens with zero attached hydrogens (tertiary/aromatic N) is 2. The Balaban J connectivity index is 2.12. The molecule has 0 spiro atoms. The minimum Gasteiger partial charge on any atom is -0.421 e. The van der Waals surface area contributed by atoms with Crippen molar-refractivity contribution in [3.8, 4) is 11.5 Å². The van der Waals surface area contributed by atoms with E-state index in [1.165, 1.54) is 0 Å². The molecule has 0 amide bonds. The highest BCUT2D eigenvalue weighted by Crippen LogP contribution is 2.23. The molecular formula is C14H18N2O2. The molecule has 4 heteroatoms. The molecule has 2 aromatic rings. The van der Waals surface area contributed by atoms with E-state index < -0.39 is 6.10 Å². The molecule has 0 aliphatic rings. The monoisotopic (exact) mass is 246 g/mol. The Bertz CT molecular complexity index is 500. The van der Waals surface area contributed by atoms with E-state index >= 15 is 0 Å². The second kappa shape index (κ2) is 4.90. The molecule has 1 N–H and O–H groups in total. The summed E-state index contributed by atoms with van der Waals surface area (Å²) in [4.78, 5) is 0. The van der Waals surface area contributed by atoms with Crippen LogP contribution >= 0.6 is 0 Å². The van der Waals surface area contributed by atoms with Crippen LogP contribution in [0.25, 0.3) is 11.5 Å². The van der Waals surface area contributed by atoms with Gasteiger partial charge in [-0.1, -0.05) is 39.0 Å². The Hall–Kier alpha value is -1.68. The van der Waals surface area contributed by atoms with Gasteiger partial charge in [0.15, 0.2) is 0 Å². The van der Waals surface area contributed by atoms with Gasteiger partial charge in [-0.2, -0.15) is 0 Å². The summed E-state index contributed by atoms with van der Waals surface area (Å²) in [7, 11) is 0. The summed E-state index contributed by atoms with van der Waals surface area (Å²) in [6.45, 7) is 5.93. The van der Waals surface area contributed by atoms with Crippen LogP contribution < -0.4 is 0 Å². The molecule has 1 aromatic carbocycles. The van der Waals surface area contributed by atoms with Gasteiger partial charge in [-0.25, -0.2) is 0 Å². The number of aromatic nitrogens is 2. The summed E-state index contributed by atoms with van der Waals surface area (Å²) < 4.78 is 5.55. The third kappa shape index (κ3) is 2.96. The number of hydrogen-bond donors (Lipinski definition) is 1. The zero-order valence-electron chi connectivity index (χ0n) is 10.9. The SMILES string of the molecule is CC(C)(C)[C@@H](O)Cc1nnc(-c2ccccc2)o1. The average Bonchev–Trinajstić information content (AvgIpc) is 2.77. The summed E-state index contributed by atoms with van der Waals surface area (Å²) >= 11 is 0. The first-order chi connectivity index (χ1) is 8.47. The lowest BCUT2D eigenvalue weighted by atomic mass is 9.87. The molecule has 96 valence electrons. The van der Waals surface area contributed by atoms with Crippen molar-refractivity contribution in [2.24, 2.45) is 5.41 Å². The van der Waals surface area contributed by atoms with Crippen LogP contribution in [0.5, 0.6) is 0 Å². The first kappa shape index (κ1) is 12.8. The van der Waals surface area contributed by atoms with Gasteiger partial charge in [0.25, 0.3) is 0 Å². The highest BCUT2D eigenvalue weighted by molar-refractivity contribution is 5.51. The fraction of sp³-hybridized carbons (Fsp3) is 0.429. The molecular weight excluding hydrogens is 228 g/mol. The quantitative estimate of drug-likeness (QED) is 0.904. The van der Waals surface area contributed by atoms with E-state index in [0.717, 1.165) is 5.56 Å². The summed E-state index contributed by atoms with van der Waals surface area (Å²) in [6, 6.07) is 9.60. The molecule has 2 rings (SSSR count). The van der Waals surface area contributed by atoms with E-state index in [1.54, 1.807) is 0 Å². The fourth-order valence-electron chi connectivity index (χ4n) is 1.51. The average molecular weight is 246 g/mol. The largest absolute Gasteiger partial charge is 0.421 e. The third-order valence-corrected chi connectivity index (χ3v) is 2.86. The number of rotatable bonds is 3. The van der Waals surface area contributed by atoms with Crippen molar-refractivity contribution in [3.63, 3.8) is 0 Å².